The molecule has 4 nitrogen and oxygen atoms in total. The molecule has 106 valence electrons. The first-order valence-electron chi connectivity index (χ1n) is 6.62. The Kier molecular flexibility index (Phi) is 3.96. The summed E-state index contributed by atoms with van der Waals surface area (Å²) in [4.78, 5) is 4.43. The lowest BCUT2D eigenvalue weighted by Crippen LogP contribution is -2.29. The number of nitrogens with one attached hydrogen (secondary N) is 1. The number of halogens is 2. The van der Waals surface area contributed by atoms with Crippen LogP contribution in [0.2, 0.25) is 10.0 Å². The third-order valence-corrected chi connectivity index (χ3v) is 4.34. The summed E-state index contributed by atoms with van der Waals surface area (Å²) in [5, 5.41) is 8.32. The Labute approximate surface area is 127 Å². The Morgan fingerprint density at radius 3 is 2.80 bits per heavy atom. The fourth-order valence-corrected chi connectivity index (χ4v) is 2.58. The number of hydrogen-bond donors (Lipinski definition) is 1. The first-order valence-corrected chi connectivity index (χ1v) is 7.38. The molecule has 1 aliphatic rings. The Bertz CT molecular complexity index is 610. The van der Waals surface area contributed by atoms with Crippen molar-refractivity contribution in [1.29, 1.82) is 0 Å². The molecule has 1 aromatic heterocycles. The molecule has 1 saturated carbocycles. The molecule has 1 unspecified atom stereocenters. The average Bonchev–Trinajstić information content (AvgIpc) is 3.18. The van der Waals surface area contributed by atoms with Crippen molar-refractivity contribution in [3.8, 4) is 11.4 Å². The second kappa shape index (κ2) is 5.72. The van der Waals surface area contributed by atoms with Crippen LogP contribution < -0.4 is 5.32 Å². The summed E-state index contributed by atoms with van der Waals surface area (Å²) >= 11 is 11.9. The summed E-state index contributed by atoms with van der Waals surface area (Å²) in [5.41, 5.74) is 0.807. The first kappa shape index (κ1) is 13.9. The van der Waals surface area contributed by atoms with Gasteiger partial charge >= 0.3 is 0 Å². The lowest BCUT2D eigenvalue weighted by molar-refractivity contribution is 0.352. The Morgan fingerprint density at radius 1 is 1.35 bits per heavy atom. The van der Waals surface area contributed by atoms with E-state index in [9.17, 15) is 0 Å². The van der Waals surface area contributed by atoms with Gasteiger partial charge in [0.05, 0.1) is 10.0 Å². The maximum atomic E-state index is 6.00. The standard InChI is InChI=1S/C14H15Cl2N3O/c1-17-12(8-2-3-8)7-13-18-14(19-20-13)9-4-5-10(15)11(16)6-9/h4-6,8,12,17H,2-3,7H2,1H3. The van der Waals surface area contributed by atoms with Crippen LogP contribution in [0.5, 0.6) is 0 Å². The normalized spacial score (nSPS) is 16.4. The minimum Gasteiger partial charge on any atom is -0.339 e. The predicted octanol–water partition coefficient (Wildman–Crippen LogP) is 3.58. The molecule has 1 aromatic carbocycles. The van der Waals surface area contributed by atoms with Gasteiger partial charge in [0.1, 0.15) is 0 Å². The van der Waals surface area contributed by atoms with Gasteiger partial charge in [0, 0.05) is 18.0 Å². The highest BCUT2D eigenvalue weighted by atomic mass is 35.5. The zero-order valence-electron chi connectivity index (χ0n) is 11.1. The molecule has 3 rings (SSSR count). The highest BCUT2D eigenvalue weighted by molar-refractivity contribution is 6.42. The van der Waals surface area contributed by atoms with E-state index in [-0.39, 0.29) is 0 Å². The van der Waals surface area contributed by atoms with Gasteiger partial charge in [-0.2, -0.15) is 4.98 Å². The van der Waals surface area contributed by atoms with Gasteiger partial charge < -0.3 is 9.84 Å². The summed E-state index contributed by atoms with van der Waals surface area (Å²) < 4.78 is 5.32. The molecule has 0 bridgehead atoms. The van der Waals surface area contributed by atoms with Crippen molar-refractivity contribution in [3.05, 3.63) is 34.1 Å². The highest BCUT2D eigenvalue weighted by Gasteiger charge is 2.31. The third-order valence-electron chi connectivity index (χ3n) is 3.60. The predicted molar refractivity (Wildman–Crippen MR) is 79.0 cm³/mol. The molecular weight excluding hydrogens is 297 g/mol. The smallest absolute Gasteiger partial charge is 0.228 e. The van der Waals surface area contributed by atoms with Gasteiger partial charge in [-0.3, -0.25) is 0 Å². The Morgan fingerprint density at radius 2 is 2.15 bits per heavy atom. The molecule has 0 radical (unpaired) electrons. The van der Waals surface area contributed by atoms with E-state index in [1.807, 2.05) is 13.1 Å². The van der Waals surface area contributed by atoms with E-state index in [0.29, 0.717) is 27.8 Å². The number of benzene rings is 1. The number of hydrogen-bond acceptors (Lipinski definition) is 4. The van der Waals surface area contributed by atoms with Crippen LogP contribution in [0, 0.1) is 5.92 Å². The Hall–Kier alpha value is -1.10. The van der Waals surface area contributed by atoms with Gasteiger partial charge in [0.25, 0.3) is 0 Å². The van der Waals surface area contributed by atoms with Crippen molar-refractivity contribution in [2.24, 2.45) is 5.92 Å². The second-order valence-corrected chi connectivity index (χ2v) is 5.89. The molecule has 1 fully saturated rings. The average molecular weight is 312 g/mol. The van der Waals surface area contributed by atoms with Crippen LogP contribution >= 0.6 is 23.2 Å². The molecular formula is C14H15Cl2N3O. The molecule has 2 aromatic rings. The third kappa shape index (κ3) is 2.97. The van der Waals surface area contributed by atoms with Crippen LogP contribution in [-0.2, 0) is 6.42 Å². The maximum absolute atomic E-state index is 6.00. The van der Waals surface area contributed by atoms with Crippen molar-refractivity contribution in [2.45, 2.75) is 25.3 Å². The van der Waals surface area contributed by atoms with Crippen molar-refractivity contribution in [1.82, 2.24) is 15.5 Å². The van der Waals surface area contributed by atoms with E-state index in [2.05, 4.69) is 15.5 Å². The molecule has 0 spiro atoms. The summed E-state index contributed by atoms with van der Waals surface area (Å²) in [6.45, 7) is 0. The van der Waals surface area contributed by atoms with Crippen molar-refractivity contribution in [2.75, 3.05) is 7.05 Å². The van der Waals surface area contributed by atoms with E-state index in [4.69, 9.17) is 27.7 Å². The fraction of sp³-hybridized carbons (Fsp3) is 0.429. The minimum absolute atomic E-state index is 0.414. The van der Waals surface area contributed by atoms with Gasteiger partial charge in [-0.15, -0.1) is 0 Å². The minimum atomic E-state index is 0.414. The van der Waals surface area contributed by atoms with E-state index >= 15 is 0 Å². The maximum Gasteiger partial charge on any atom is 0.228 e. The van der Waals surface area contributed by atoms with Crippen molar-refractivity contribution < 1.29 is 4.52 Å². The molecule has 1 atom stereocenters. The zero-order valence-corrected chi connectivity index (χ0v) is 12.6. The van der Waals surface area contributed by atoms with E-state index < -0.39 is 0 Å². The van der Waals surface area contributed by atoms with Crippen LogP contribution in [0.4, 0.5) is 0 Å². The SMILES string of the molecule is CNC(Cc1nc(-c2ccc(Cl)c(Cl)c2)no1)C1CC1. The van der Waals surface area contributed by atoms with E-state index in [1.165, 1.54) is 12.8 Å². The topological polar surface area (TPSA) is 51.0 Å². The van der Waals surface area contributed by atoms with E-state index in [1.54, 1.807) is 12.1 Å². The molecule has 1 heterocycles. The largest absolute Gasteiger partial charge is 0.339 e. The summed E-state index contributed by atoms with van der Waals surface area (Å²) in [6, 6.07) is 5.72. The molecule has 1 N–H and O–H groups in total. The first-order chi connectivity index (χ1) is 9.67. The summed E-state index contributed by atoms with van der Waals surface area (Å²) in [6.07, 6.45) is 3.31. The molecule has 0 saturated heterocycles. The Balaban J connectivity index is 1.77. The fourth-order valence-electron chi connectivity index (χ4n) is 2.28. The molecule has 0 amide bonds. The van der Waals surface area contributed by atoms with Crippen LogP contribution in [0.15, 0.2) is 22.7 Å². The lowest BCUT2D eigenvalue weighted by atomic mass is 10.1. The van der Waals surface area contributed by atoms with Gasteiger partial charge in [0.2, 0.25) is 11.7 Å². The van der Waals surface area contributed by atoms with Gasteiger partial charge in [-0.25, -0.2) is 0 Å². The summed E-state index contributed by atoms with van der Waals surface area (Å²) in [5.74, 6) is 1.93. The molecule has 6 heteroatoms. The van der Waals surface area contributed by atoms with Gasteiger partial charge in [0.15, 0.2) is 0 Å². The number of likely N-dealkylation sites (N-methyl/N-ethyl adjacent to an activating group) is 1. The second-order valence-electron chi connectivity index (χ2n) is 5.08. The van der Waals surface area contributed by atoms with Crippen LogP contribution in [0.3, 0.4) is 0 Å². The number of nitrogens with zero attached hydrogens (tertiary/aromatic N) is 2. The molecule has 20 heavy (non-hydrogen) atoms. The molecule has 0 aliphatic heterocycles. The van der Waals surface area contributed by atoms with Crippen LogP contribution in [0.25, 0.3) is 11.4 Å². The highest BCUT2D eigenvalue weighted by Crippen LogP contribution is 2.34. The summed E-state index contributed by atoms with van der Waals surface area (Å²) in [7, 11) is 1.97. The van der Waals surface area contributed by atoms with Crippen molar-refractivity contribution in [3.63, 3.8) is 0 Å². The monoisotopic (exact) mass is 311 g/mol. The van der Waals surface area contributed by atoms with Gasteiger partial charge in [-0.05, 0) is 44.0 Å². The number of aromatic nitrogens is 2. The van der Waals surface area contributed by atoms with Crippen LogP contribution in [0.1, 0.15) is 18.7 Å². The zero-order chi connectivity index (χ0) is 14.1. The van der Waals surface area contributed by atoms with Crippen molar-refractivity contribution >= 4 is 23.2 Å². The molecule has 1 aliphatic carbocycles. The van der Waals surface area contributed by atoms with Gasteiger partial charge in [-0.1, -0.05) is 28.4 Å². The van der Waals surface area contributed by atoms with E-state index in [0.717, 1.165) is 17.9 Å². The quantitative estimate of drug-likeness (QED) is 0.917. The number of rotatable bonds is 5. The lowest BCUT2D eigenvalue weighted by Gasteiger charge is -2.11. The van der Waals surface area contributed by atoms with Crippen LogP contribution in [-0.4, -0.2) is 23.2 Å².